The van der Waals surface area contributed by atoms with E-state index < -0.39 is 0 Å². The largest absolute Gasteiger partial charge is 0.351 e. The van der Waals surface area contributed by atoms with Crippen molar-refractivity contribution in [2.75, 3.05) is 24.5 Å². The molecule has 2 amide bonds. The summed E-state index contributed by atoms with van der Waals surface area (Å²) >= 11 is 1.34. The minimum atomic E-state index is -0.302. The zero-order valence-electron chi connectivity index (χ0n) is 13.9. The van der Waals surface area contributed by atoms with Gasteiger partial charge in [0.1, 0.15) is 0 Å². The van der Waals surface area contributed by atoms with Crippen LogP contribution in [0.2, 0.25) is 0 Å². The van der Waals surface area contributed by atoms with Crippen molar-refractivity contribution in [1.82, 2.24) is 4.90 Å². The van der Waals surface area contributed by atoms with Gasteiger partial charge in [-0.05, 0) is 37.1 Å². The Morgan fingerprint density at radius 1 is 1.16 bits per heavy atom. The summed E-state index contributed by atoms with van der Waals surface area (Å²) in [4.78, 5) is 34.0. The number of carbonyl (C=O) groups is 2. The summed E-state index contributed by atoms with van der Waals surface area (Å²) in [6.07, 6.45) is 5.16. The minimum absolute atomic E-state index is 0.146. The zero-order valence-corrected chi connectivity index (χ0v) is 14.7. The van der Waals surface area contributed by atoms with E-state index in [1.807, 2.05) is 24.3 Å². The van der Waals surface area contributed by atoms with Crippen molar-refractivity contribution in [3.8, 4) is 0 Å². The lowest BCUT2D eigenvalue weighted by Crippen LogP contribution is -2.33. The number of rotatable bonds is 2. The Labute approximate surface area is 151 Å². The first-order valence-corrected chi connectivity index (χ1v) is 9.34. The third-order valence-electron chi connectivity index (χ3n) is 4.67. The number of piperidine rings is 1. The molecule has 1 aromatic rings. The highest BCUT2D eigenvalue weighted by atomic mass is 32.2. The van der Waals surface area contributed by atoms with E-state index in [1.165, 1.54) is 18.2 Å². The summed E-state index contributed by atoms with van der Waals surface area (Å²) in [6.45, 7) is 6.00. The highest BCUT2D eigenvalue weighted by Crippen LogP contribution is 2.43. The predicted molar refractivity (Wildman–Crippen MR) is 101 cm³/mol. The van der Waals surface area contributed by atoms with Crippen LogP contribution < -0.4 is 4.90 Å². The second-order valence-corrected chi connectivity index (χ2v) is 7.25. The van der Waals surface area contributed by atoms with Gasteiger partial charge in [-0.2, -0.15) is 4.99 Å². The van der Waals surface area contributed by atoms with Gasteiger partial charge >= 0.3 is 0 Å². The van der Waals surface area contributed by atoms with E-state index in [2.05, 4.69) is 16.5 Å². The van der Waals surface area contributed by atoms with Gasteiger partial charge in [0.05, 0.1) is 16.2 Å². The van der Waals surface area contributed by atoms with Gasteiger partial charge in [-0.1, -0.05) is 24.3 Å². The molecule has 0 bridgehead atoms. The number of amides is 2. The highest BCUT2D eigenvalue weighted by Gasteiger charge is 2.39. The number of fused-ring (bicyclic) bond motifs is 1. The molecule has 3 heterocycles. The van der Waals surface area contributed by atoms with Crippen LogP contribution in [0, 0.1) is 0 Å². The van der Waals surface area contributed by atoms with Crippen LogP contribution in [0.4, 0.5) is 5.69 Å². The summed E-state index contributed by atoms with van der Waals surface area (Å²) in [7, 11) is 0. The number of anilines is 1. The van der Waals surface area contributed by atoms with Gasteiger partial charge in [-0.3, -0.25) is 9.59 Å². The molecule has 1 saturated heterocycles. The second kappa shape index (κ2) is 6.52. The quantitative estimate of drug-likeness (QED) is 0.606. The molecule has 25 heavy (non-hydrogen) atoms. The number of aliphatic imine (C=N–C) groups is 1. The Hall–Kier alpha value is -2.34. The fourth-order valence-electron chi connectivity index (χ4n) is 3.48. The minimum Gasteiger partial charge on any atom is -0.351 e. The summed E-state index contributed by atoms with van der Waals surface area (Å²) in [5.74, 6) is -0.448. The number of likely N-dealkylation sites (tertiary alicyclic amines) is 1. The normalized spacial score (nSPS) is 23.1. The number of hydrogen-bond donors (Lipinski definition) is 0. The predicted octanol–water partition coefficient (Wildman–Crippen LogP) is 3.05. The third-order valence-corrected chi connectivity index (χ3v) is 5.79. The molecule has 128 valence electrons. The molecule has 0 unspecified atom stereocenters. The number of hydrogen-bond acceptors (Lipinski definition) is 4. The number of para-hydroxylation sites is 1. The average Bonchev–Trinajstić information content (AvgIpc) is 3.14. The monoisotopic (exact) mass is 353 g/mol. The smallest absolute Gasteiger partial charge is 0.287 e. The maximum absolute atomic E-state index is 13.0. The van der Waals surface area contributed by atoms with Gasteiger partial charge < -0.3 is 9.80 Å². The molecule has 3 aliphatic heterocycles. The maximum atomic E-state index is 13.0. The molecule has 0 aliphatic carbocycles. The molecule has 1 fully saturated rings. The van der Waals surface area contributed by atoms with Crippen molar-refractivity contribution in [1.29, 1.82) is 0 Å². The maximum Gasteiger partial charge on any atom is 0.287 e. The van der Waals surface area contributed by atoms with E-state index >= 15 is 0 Å². The number of carbonyl (C=O) groups excluding carboxylic acids is 2. The molecule has 3 aliphatic rings. The molecular formula is C19H19N3O2S. The first-order valence-electron chi connectivity index (χ1n) is 8.53. The molecule has 0 aromatic heterocycles. The van der Waals surface area contributed by atoms with E-state index in [9.17, 15) is 9.59 Å². The number of nitrogens with zero attached hydrogens (tertiary/aromatic N) is 3. The number of benzene rings is 1. The lowest BCUT2D eigenvalue weighted by Gasteiger charge is -2.27. The molecule has 0 N–H and O–H groups in total. The zero-order chi connectivity index (χ0) is 17.4. The van der Waals surface area contributed by atoms with Crippen LogP contribution in [0.5, 0.6) is 0 Å². The lowest BCUT2D eigenvalue weighted by molar-refractivity contribution is -0.115. The van der Waals surface area contributed by atoms with E-state index in [4.69, 9.17) is 0 Å². The molecule has 0 radical (unpaired) electrons. The highest BCUT2D eigenvalue weighted by molar-refractivity contribution is 8.18. The van der Waals surface area contributed by atoms with Crippen molar-refractivity contribution < 1.29 is 9.59 Å². The molecule has 0 spiro atoms. The summed E-state index contributed by atoms with van der Waals surface area (Å²) in [5.41, 5.74) is 2.11. The fourth-order valence-corrected chi connectivity index (χ4v) is 4.54. The Balaban J connectivity index is 1.72. The summed E-state index contributed by atoms with van der Waals surface area (Å²) in [5, 5.41) is 0.736. The van der Waals surface area contributed by atoms with Crippen LogP contribution in [0.15, 0.2) is 46.8 Å². The van der Waals surface area contributed by atoms with E-state index in [0.29, 0.717) is 17.0 Å². The Kier molecular flexibility index (Phi) is 4.21. The molecule has 4 rings (SSSR count). The van der Waals surface area contributed by atoms with Crippen LogP contribution in [-0.4, -0.2) is 41.5 Å². The lowest BCUT2D eigenvalue weighted by atomic mass is 10.1. The molecule has 0 saturated carbocycles. The van der Waals surface area contributed by atoms with Crippen molar-refractivity contribution in [3.63, 3.8) is 0 Å². The van der Waals surface area contributed by atoms with E-state index in [-0.39, 0.29) is 11.8 Å². The Morgan fingerprint density at radius 2 is 1.92 bits per heavy atom. The van der Waals surface area contributed by atoms with Crippen molar-refractivity contribution >= 4 is 40.0 Å². The van der Waals surface area contributed by atoms with Gasteiger partial charge in [0.2, 0.25) is 0 Å². The SMILES string of the molecule is C=CCN1C(=O)C(=C2SC(N3CCCCC3)=NC2=O)c2ccccc21. The fraction of sp³-hybridized carbons (Fsp3) is 0.316. The van der Waals surface area contributed by atoms with Crippen LogP contribution in [-0.2, 0) is 9.59 Å². The van der Waals surface area contributed by atoms with Gasteiger partial charge in [-0.15, -0.1) is 6.58 Å². The molecule has 0 atom stereocenters. The van der Waals surface area contributed by atoms with Crippen molar-refractivity contribution in [2.24, 2.45) is 4.99 Å². The number of thioether (sulfide) groups is 1. The van der Waals surface area contributed by atoms with Crippen molar-refractivity contribution in [3.05, 3.63) is 47.4 Å². The van der Waals surface area contributed by atoms with Crippen LogP contribution in [0.3, 0.4) is 0 Å². The molecule has 1 aromatic carbocycles. The average molecular weight is 353 g/mol. The topological polar surface area (TPSA) is 53.0 Å². The van der Waals surface area contributed by atoms with Crippen LogP contribution in [0.1, 0.15) is 24.8 Å². The van der Waals surface area contributed by atoms with Gasteiger partial charge in [0, 0.05) is 25.2 Å². The first-order chi connectivity index (χ1) is 12.2. The van der Waals surface area contributed by atoms with Gasteiger partial charge in [0.25, 0.3) is 11.8 Å². The van der Waals surface area contributed by atoms with Crippen LogP contribution >= 0.6 is 11.8 Å². The standard InChI is InChI=1S/C19H19N3O2S/c1-2-10-22-14-9-5-4-8-13(14)15(18(22)24)16-17(23)20-19(25-16)21-11-6-3-7-12-21/h2,4-5,8-9H,1,3,6-7,10-12H2. The molecule has 6 heteroatoms. The molecule has 5 nitrogen and oxygen atoms in total. The summed E-state index contributed by atoms with van der Waals surface area (Å²) in [6, 6.07) is 7.59. The number of amidine groups is 1. The third kappa shape index (κ3) is 2.70. The van der Waals surface area contributed by atoms with Crippen molar-refractivity contribution in [2.45, 2.75) is 19.3 Å². The molecular weight excluding hydrogens is 334 g/mol. The van der Waals surface area contributed by atoms with Gasteiger partial charge in [0.15, 0.2) is 5.17 Å². The van der Waals surface area contributed by atoms with E-state index in [1.54, 1.807) is 11.0 Å². The summed E-state index contributed by atoms with van der Waals surface area (Å²) < 4.78 is 0. The first kappa shape index (κ1) is 16.1. The van der Waals surface area contributed by atoms with Gasteiger partial charge in [-0.25, -0.2) is 0 Å². The van der Waals surface area contributed by atoms with E-state index in [0.717, 1.165) is 42.3 Å². The van der Waals surface area contributed by atoms with Crippen LogP contribution in [0.25, 0.3) is 5.57 Å². The second-order valence-electron chi connectivity index (χ2n) is 6.28. The Bertz CT molecular complexity index is 822. The Morgan fingerprint density at radius 3 is 2.68 bits per heavy atom.